The summed E-state index contributed by atoms with van der Waals surface area (Å²) in [5, 5.41) is 3.12. The predicted octanol–water partition coefficient (Wildman–Crippen LogP) is 3.18. The maximum atomic E-state index is 13.8. The van der Waals surface area contributed by atoms with Crippen LogP contribution in [0.1, 0.15) is 19.8 Å². The van der Waals surface area contributed by atoms with E-state index in [0.29, 0.717) is 16.4 Å². The van der Waals surface area contributed by atoms with E-state index in [1.165, 1.54) is 6.07 Å². The first-order chi connectivity index (χ1) is 12.3. The van der Waals surface area contributed by atoms with E-state index in [4.69, 9.17) is 0 Å². The summed E-state index contributed by atoms with van der Waals surface area (Å²) in [6.45, 7) is 5.49. The first-order valence-corrected chi connectivity index (χ1v) is 9.53. The number of piperidine rings is 1. The molecule has 1 saturated heterocycles. The third-order valence-electron chi connectivity index (χ3n) is 4.82. The highest BCUT2D eigenvalue weighted by Gasteiger charge is 2.38. The van der Waals surface area contributed by atoms with Crippen molar-refractivity contribution in [2.75, 3.05) is 45.6 Å². The second kappa shape index (κ2) is 7.54. The van der Waals surface area contributed by atoms with Crippen molar-refractivity contribution >= 4 is 32.6 Å². The number of fused-ring (bicyclic) bond motifs is 1. The van der Waals surface area contributed by atoms with Crippen molar-refractivity contribution in [2.45, 2.75) is 19.8 Å². The van der Waals surface area contributed by atoms with Crippen molar-refractivity contribution in [1.82, 2.24) is 14.8 Å². The number of hydrogen-bond acceptors (Lipinski definition) is 5. The molecule has 8 heteroatoms. The Labute approximate surface area is 156 Å². The van der Waals surface area contributed by atoms with E-state index in [2.05, 4.69) is 20.1 Å². The number of likely N-dealkylation sites (N-methyl/N-ethyl adjacent to an activating group) is 1. The molecular weight excluding hydrogens is 358 g/mol. The maximum absolute atomic E-state index is 13.8. The molecule has 142 valence electrons. The lowest BCUT2D eigenvalue weighted by molar-refractivity contribution is -0.127. The molecule has 2 aromatic rings. The molecule has 26 heavy (non-hydrogen) atoms. The molecule has 1 unspecified atom stereocenters. The van der Waals surface area contributed by atoms with Gasteiger partial charge in [-0.2, -0.15) is 0 Å². The van der Waals surface area contributed by atoms with Crippen LogP contribution in [0.4, 0.5) is 13.9 Å². The van der Waals surface area contributed by atoms with Gasteiger partial charge in [-0.25, -0.2) is 13.8 Å². The summed E-state index contributed by atoms with van der Waals surface area (Å²) < 4.78 is 27.5. The van der Waals surface area contributed by atoms with Gasteiger partial charge in [0, 0.05) is 25.7 Å². The minimum atomic E-state index is -0.713. The Kier molecular flexibility index (Phi) is 5.55. The number of carbonyl (C=O) groups excluding carboxylic acids is 1. The Bertz CT molecular complexity index is 810. The second-order valence-corrected chi connectivity index (χ2v) is 8.48. The van der Waals surface area contributed by atoms with Gasteiger partial charge in [-0.05, 0) is 46.5 Å². The molecule has 1 aliphatic heterocycles. The smallest absolute Gasteiger partial charge is 0.233 e. The predicted molar refractivity (Wildman–Crippen MR) is 101 cm³/mol. The molecule has 1 amide bonds. The Morgan fingerprint density at radius 1 is 1.42 bits per heavy atom. The van der Waals surface area contributed by atoms with Crippen LogP contribution in [-0.4, -0.2) is 61.0 Å². The Morgan fingerprint density at radius 3 is 2.92 bits per heavy atom. The number of nitrogens with one attached hydrogen (secondary N) is 1. The van der Waals surface area contributed by atoms with E-state index < -0.39 is 17.0 Å². The molecule has 1 aromatic carbocycles. The van der Waals surface area contributed by atoms with Crippen molar-refractivity contribution in [3.63, 3.8) is 0 Å². The van der Waals surface area contributed by atoms with Crippen LogP contribution < -0.4 is 5.32 Å². The summed E-state index contributed by atoms with van der Waals surface area (Å²) >= 11 is 1.09. The van der Waals surface area contributed by atoms with Gasteiger partial charge in [0.05, 0.1) is 10.1 Å². The molecule has 3 rings (SSSR count). The first-order valence-electron chi connectivity index (χ1n) is 8.71. The molecule has 1 fully saturated rings. The number of carbonyl (C=O) groups is 1. The molecule has 1 aliphatic rings. The Balaban J connectivity index is 1.71. The van der Waals surface area contributed by atoms with Gasteiger partial charge in [0.25, 0.3) is 0 Å². The zero-order chi connectivity index (χ0) is 18.9. The monoisotopic (exact) mass is 382 g/mol. The lowest BCUT2D eigenvalue weighted by atomic mass is 9.81. The molecule has 0 saturated carbocycles. The number of anilines is 1. The maximum Gasteiger partial charge on any atom is 0.233 e. The highest BCUT2D eigenvalue weighted by molar-refractivity contribution is 7.22. The number of aromatic nitrogens is 1. The molecule has 0 bridgehead atoms. The molecule has 0 spiro atoms. The third kappa shape index (κ3) is 4.19. The summed E-state index contributed by atoms with van der Waals surface area (Å²) in [7, 11) is 4.07. The molecule has 0 aliphatic carbocycles. The van der Waals surface area contributed by atoms with Gasteiger partial charge in [0.15, 0.2) is 10.9 Å². The summed E-state index contributed by atoms with van der Waals surface area (Å²) in [5.41, 5.74) is -0.431. The minimum absolute atomic E-state index is 0.0908. The number of benzene rings is 1. The zero-order valence-electron chi connectivity index (χ0n) is 15.3. The molecule has 1 N–H and O–H groups in total. The van der Waals surface area contributed by atoms with Crippen LogP contribution in [0.3, 0.4) is 0 Å². The second-order valence-electron chi connectivity index (χ2n) is 7.45. The number of amides is 1. The van der Waals surface area contributed by atoms with Crippen molar-refractivity contribution in [1.29, 1.82) is 0 Å². The molecule has 0 radical (unpaired) electrons. The topological polar surface area (TPSA) is 48.5 Å². The van der Waals surface area contributed by atoms with E-state index in [-0.39, 0.29) is 11.4 Å². The van der Waals surface area contributed by atoms with Crippen LogP contribution >= 0.6 is 11.3 Å². The average Bonchev–Trinajstić information content (AvgIpc) is 2.95. The van der Waals surface area contributed by atoms with E-state index in [9.17, 15) is 13.6 Å². The third-order valence-corrected chi connectivity index (χ3v) is 5.74. The fraction of sp³-hybridized carbons (Fsp3) is 0.556. The Morgan fingerprint density at radius 2 is 2.19 bits per heavy atom. The largest absolute Gasteiger partial charge is 0.308 e. The summed E-state index contributed by atoms with van der Waals surface area (Å²) in [6, 6.07) is 2.04. The SMILES string of the molecule is CN(C)CCN1CCCC(C)(C(=O)Nc2nc3c(F)cc(F)cc3s2)C1. The molecule has 5 nitrogen and oxygen atoms in total. The van der Waals surface area contributed by atoms with Crippen LogP contribution in [0.2, 0.25) is 0 Å². The number of likely N-dealkylation sites (tertiary alicyclic amines) is 1. The standard InChI is InChI=1S/C18H24F2N4OS/c1-18(5-4-6-24(11-18)8-7-23(2)3)16(25)22-17-21-15-13(20)9-12(19)10-14(15)26-17/h9-10H,4-8,11H2,1-3H3,(H,21,22,25). The fourth-order valence-electron chi connectivity index (χ4n) is 3.32. The summed E-state index contributed by atoms with van der Waals surface area (Å²) in [4.78, 5) is 21.4. The number of halogens is 2. The highest BCUT2D eigenvalue weighted by Crippen LogP contribution is 2.33. The van der Waals surface area contributed by atoms with Crippen molar-refractivity contribution < 1.29 is 13.6 Å². The van der Waals surface area contributed by atoms with Crippen molar-refractivity contribution in [3.05, 3.63) is 23.8 Å². The quantitative estimate of drug-likeness (QED) is 0.863. The Hall–Kier alpha value is -1.64. The van der Waals surface area contributed by atoms with E-state index in [0.717, 1.165) is 49.9 Å². The van der Waals surface area contributed by atoms with Gasteiger partial charge in [-0.3, -0.25) is 4.79 Å². The molecule has 2 heterocycles. The zero-order valence-corrected chi connectivity index (χ0v) is 16.1. The number of nitrogens with zero attached hydrogens (tertiary/aromatic N) is 3. The van der Waals surface area contributed by atoms with Crippen LogP contribution in [0.5, 0.6) is 0 Å². The van der Waals surface area contributed by atoms with Gasteiger partial charge in [0.2, 0.25) is 5.91 Å². The molecule has 1 aromatic heterocycles. The van der Waals surface area contributed by atoms with Gasteiger partial charge >= 0.3 is 0 Å². The number of hydrogen-bond donors (Lipinski definition) is 1. The van der Waals surface area contributed by atoms with Crippen LogP contribution in [0.25, 0.3) is 10.2 Å². The normalized spacial score (nSPS) is 21.5. The van der Waals surface area contributed by atoms with E-state index in [1.54, 1.807) is 0 Å². The minimum Gasteiger partial charge on any atom is -0.308 e. The summed E-state index contributed by atoms with van der Waals surface area (Å²) in [5.74, 6) is -1.48. The fourth-order valence-corrected chi connectivity index (χ4v) is 4.22. The van der Waals surface area contributed by atoms with E-state index in [1.807, 2.05) is 21.0 Å². The number of thiazole rings is 1. The van der Waals surface area contributed by atoms with Crippen LogP contribution in [0, 0.1) is 17.0 Å². The molecular formula is C18H24F2N4OS. The lowest BCUT2D eigenvalue weighted by Gasteiger charge is -2.39. The van der Waals surface area contributed by atoms with E-state index >= 15 is 0 Å². The molecule has 1 atom stereocenters. The number of rotatable bonds is 5. The highest BCUT2D eigenvalue weighted by atomic mass is 32.1. The van der Waals surface area contributed by atoms with Gasteiger partial charge in [0.1, 0.15) is 11.3 Å². The average molecular weight is 382 g/mol. The van der Waals surface area contributed by atoms with Crippen LogP contribution in [-0.2, 0) is 4.79 Å². The van der Waals surface area contributed by atoms with Gasteiger partial charge < -0.3 is 15.1 Å². The lowest BCUT2D eigenvalue weighted by Crippen LogP contribution is -2.49. The van der Waals surface area contributed by atoms with Crippen molar-refractivity contribution in [2.24, 2.45) is 5.41 Å². The van der Waals surface area contributed by atoms with Gasteiger partial charge in [-0.15, -0.1) is 0 Å². The summed E-state index contributed by atoms with van der Waals surface area (Å²) in [6.07, 6.45) is 1.75. The first kappa shape index (κ1) is 19.1. The van der Waals surface area contributed by atoms with Crippen LogP contribution in [0.15, 0.2) is 12.1 Å². The van der Waals surface area contributed by atoms with Crippen molar-refractivity contribution in [3.8, 4) is 0 Å². The van der Waals surface area contributed by atoms with Gasteiger partial charge in [-0.1, -0.05) is 11.3 Å².